The number of urea groups is 1. The highest BCUT2D eigenvalue weighted by molar-refractivity contribution is 7.18. The first-order chi connectivity index (χ1) is 14.9. The van der Waals surface area contributed by atoms with Gasteiger partial charge in [-0.2, -0.15) is 0 Å². The Morgan fingerprint density at radius 1 is 0.903 bits per heavy atom. The molecular formula is C22H21ClN4O3S. The van der Waals surface area contributed by atoms with Crippen molar-refractivity contribution in [2.75, 3.05) is 22.5 Å². The van der Waals surface area contributed by atoms with Crippen molar-refractivity contribution in [3.05, 3.63) is 75.6 Å². The predicted molar refractivity (Wildman–Crippen MR) is 126 cm³/mol. The molecule has 1 heterocycles. The molecule has 0 radical (unpaired) electrons. The van der Waals surface area contributed by atoms with Crippen molar-refractivity contribution in [1.29, 1.82) is 0 Å². The van der Waals surface area contributed by atoms with Crippen LogP contribution in [-0.2, 0) is 0 Å². The molecule has 0 aliphatic carbocycles. The van der Waals surface area contributed by atoms with Crippen LogP contribution in [0.3, 0.4) is 0 Å². The fourth-order valence-corrected chi connectivity index (χ4v) is 3.98. The SMILES string of the molecule is CCNC(=O)Nc1cccc(NC(=O)c2sc(NC(=O)c3ccccc3Cl)cc2C)c1. The summed E-state index contributed by atoms with van der Waals surface area (Å²) in [6.45, 7) is 4.13. The van der Waals surface area contributed by atoms with E-state index in [2.05, 4.69) is 21.3 Å². The molecule has 0 unspecified atom stereocenters. The number of carbonyl (C=O) groups excluding carboxylic acids is 3. The summed E-state index contributed by atoms with van der Waals surface area (Å²) in [5.74, 6) is -0.654. The summed E-state index contributed by atoms with van der Waals surface area (Å²) in [7, 11) is 0. The molecule has 9 heteroatoms. The molecule has 0 aliphatic heterocycles. The molecule has 0 spiro atoms. The largest absolute Gasteiger partial charge is 0.338 e. The first kappa shape index (κ1) is 22.3. The Hall–Kier alpha value is -3.36. The maximum atomic E-state index is 12.8. The zero-order valence-corrected chi connectivity index (χ0v) is 18.5. The van der Waals surface area contributed by atoms with E-state index in [4.69, 9.17) is 11.6 Å². The quantitative estimate of drug-likeness (QED) is 0.402. The molecule has 1 aromatic heterocycles. The lowest BCUT2D eigenvalue weighted by molar-refractivity contribution is 0.102. The summed E-state index contributed by atoms with van der Waals surface area (Å²) in [4.78, 5) is 37.4. The number of anilines is 3. The van der Waals surface area contributed by atoms with E-state index in [1.165, 1.54) is 11.3 Å². The van der Waals surface area contributed by atoms with E-state index in [0.717, 1.165) is 5.56 Å². The second-order valence-corrected chi connectivity index (χ2v) is 8.04. The number of aryl methyl sites for hydroxylation is 1. The molecule has 4 amide bonds. The van der Waals surface area contributed by atoms with Crippen LogP contribution in [0, 0.1) is 6.92 Å². The van der Waals surface area contributed by atoms with Crippen LogP contribution in [0.1, 0.15) is 32.5 Å². The average Bonchev–Trinajstić information content (AvgIpc) is 3.08. The van der Waals surface area contributed by atoms with E-state index in [-0.39, 0.29) is 17.8 Å². The molecule has 0 atom stereocenters. The third-order valence-corrected chi connectivity index (χ3v) is 5.68. The monoisotopic (exact) mass is 456 g/mol. The summed E-state index contributed by atoms with van der Waals surface area (Å²) in [6, 6.07) is 15.0. The molecule has 2 aromatic carbocycles. The molecule has 0 aliphatic rings. The molecule has 0 saturated heterocycles. The number of hydrogen-bond donors (Lipinski definition) is 4. The van der Waals surface area contributed by atoms with E-state index in [1.54, 1.807) is 61.5 Å². The van der Waals surface area contributed by atoms with Crippen LogP contribution < -0.4 is 21.3 Å². The van der Waals surface area contributed by atoms with Gasteiger partial charge in [-0.25, -0.2) is 4.79 Å². The normalized spacial score (nSPS) is 10.3. The van der Waals surface area contributed by atoms with Crippen molar-refractivity contribution >= 4 is 57.2 Å². The van der Waals surface area contributed by atoms with Crippen LogP contribution in [0.15, 0.2) is 54.6 Å². The second-order valence-electron chi connectivity index (χ2n) is 6.58. The number of thiophene rings is 1. The van der Waals surface area contributed by atoms with Crippen molar-refractivity contribution in [2.45, 2.75) is 13.8 Å². The number of hydrogen-bond acceptors (Lipinski definition) is 4. The Balaban J connectivity index is 1.69. The smallest absolute Gasteiger partial charge is 0.319 e. The highest BCUT2D eigenvalue weighted by atomic mass is 35.5. The minimum atomic E-state index is -0.345. The molecule has 0 fully saturated rings. The number of rotatable bonds is 6. The fraction of sp³-hybridized carbons (Fsp3) is 0.136. The molecule has 0 saturated carbocycles. The van der Waals surface area contributed by atoms with Crippen LogP contribution in [0.5, 0.6) is 0 Å². The maximum Gasteiger partial charge on any atom is 0.319 e. The van der Waals surface area contributed by atoms with Crippen molar-refractivity contribution < 1.29 is 14.4 Å². The Morgan fingerprint density at radius 3 is 2.32 bits per heavy atom. The average molecular weight is 457 g/mol. The lowest BCUT2D eigenvalue weighted by Crippen LogP contribution is -2.28. The maximum absolute atomic E-state index is 12.8. The first-order valence-electron chi connectivity index (χ1n) is 9.50. The molecule has 3 aromatic rings. The summed E-state index contributed by atoms with van der Waals surface area (Å²) < 4.78 is 0. The number of benzene rings is 2. The summed E-state index contributed by atoms with van der Waals surface area (Å²) >= 11 is 7.24. The number of halogens is 1. The van der Waals surface area contributed by atoms with Crippen LogP contribution >= 0.6 is 22.9 Å². The van der Waals surface area contributed by atoms with E-state index in [9.17, 15) is 14.4 Å². The lowest BCUT2D eigenvalue weighted by Gasteiger charge is -2.09. The van der Waals surface area contributed by atoms with Crippen molar-refractivity contribution in [3.8, 4) is 0 Å². The van der Waals surface area contributed by atoms with E-state index < -0.39 is 0 Å². The van der Waals surface area contributed by atoms with Crippen LogP contribution in [-0.4, -0.2) is 24.4 Å². The topological polar surface area (TPSA) is 99.3 Å². The summed E-state index contributed by atoms with van der Waals surface area (Å²) in [6.07, 6.45) is 0. The zero-order chi connectivity index (χ0) is 22.4. The van der Waals surface area contributed by atoms with Gasteiger partial charge in [0.1, 0.15) is 0 Å². The molecule has 31 heavy (non-hydrogen) atoms. The molecular weight excluding hydrogens is 436 g/mol. The molecule has 7 nitrogen and oxygen atoms in total. The molecule has 0 bridgehead atoms. The number of nitrogens with one attached hydrogen (secondary N) is 4. The molecule has 4 N–H and O–H groups in total. The van der Waals surface area contributed by atoms with Gasteiger partial charge in [0.15, 0.2) is 0 Å². The highest BCUT2D eigenvalue weighted by Crippen LogP contribution is 2.29. The Labute approximate surface area is 188 Å². The zero-order valence-electron chi connectivity index (χ0n) is 16.9. The molecule has 3 rings (SSSR count). The lowest BCUT2D eigenvalue weighted by atomic mass is 10.2. The van der Waals surface area contributed by atoms with Crippen molar-refractivity contribution in [2.24, 2.45) is 0 Å². The number of carbonyl (C=O) groups is 3. The van der Waals surface area contributed by atoms with Crippen LogP contribution in [0.2, 0.25) is 5.02 Å². The van der Waals surface area contributed by atoms with E-state index in [0.29, 0.717) is 38.4 Å². The minimum Gasteiger partial charge on any atom is -0.338 e. The van der Waals surface area contributed by atoms with Crippen molar-refractivity contribution in [1.82, 2.24) is 5.32 Å². The van der Waals surface area contributed by atoms with E-state index in [1.807, 2.05) is 6.92 Å². The van der Waals surface area contributed by atoms with Gasteiger partial charge in [0.2, 0.25) is 0 Å². The third kappa shape index (κ3) is 5.84. The second kappa shape index (κ2) is 10.1. The van der Waals surface area contributed by atoms with Gasteiger partial charge in [-0.3, -0.25) is 9.59 Å². The Kier molecular flexibility index (Phi) is 7.28. The summed E-state index contributed by atoms with van der Waals surface area (Å²) in [5.41, 5.74) is 2.18. The Bertz CT molecular complexity index is 1130. The van der Waals surface area contributed by atoms with Gasteiger partial charge >= 0.3 is 6.03 Å². The standard InChI is InChI=1S/C22H21ClN4O3S/c1-3-24-22(30)26-15-8-6-7-14(12-15)25-21(29)19-13(2)11-18(31-19)27-20(28)16-9-4-5-10-17(16)23/h4-12H,3H2,1-2H3,(H,25,29)(H,27,28)(H2,24,26,30). The van der Waals surface area contributed by atoms with Gasteiger partial charge in [0.25, 0.3) is 11.8 Å². The van der Waals surface area contributed by atoms with Gasteiger partial charge in [0, 0.05) is 17.9 Å². The summed E-state index contributed by atoms with van der Waals surface area (Å²) in [5, 5.41) is 11.8. The minimum absolute atomic E-state index is 0.309. The van der Waals surface area contributed by atoms with Gasteiger partial charge in [0.05, 0.1) is 20.5 Å². The predicted octanol–water partition coefficient (Wildman–Crippen LogP) is 5.36. The first-order valence-corrected chi connectivity index (χ1v) is 10.7. The van der Waals surface area contributed by atoms with Crippen molar-refractivity contribution in [3.63, 3.8) is 0 Å². The Morgan fingerprint density at radius 2 is 1.61 bits per heavy atom. The van der Waals surface area contributed by atoms with Gasteiger partial charge < -0.3 is 21.3 Å². The fourth-order valence-electron chi connectivity index (χ4n) is 2.79. The van der Waals surface area contributed by atoms with Gasteiger partial charge in [-0.05, 0) is 55.8 Å². The van der Waals surface area contributed by atoms with Crippen LogP contribution in [0.25, 0.3) is 0 Å². The van der Waals surface area contributed by atoms with Crippen LogP contribution in [0.4, 0.5) is 21.2 Å². The van der Waals surface area contributed by atoms with Gasteiger partial charge in [-0.1, -0.05) is 29.8 Å². The third-order valence-electron chi connectivity index (χ3n) is 4.19. The molecule has 160 valence electrons. The number of amides is 4. The van der Waals surface area contributed by atoms with E-state index >= 15 is 0 Å². The van der Waals surface area contributed by atoms with Gasteiger partial charge in [-0.15, -0.1) is 11.3 Å². The highest BCUT2D eigenvalue weighted by Gasteiger charge is 2.17.